The zero-order valence-electron chi connectivity index (χ0n) is 17.9. The number of allylic oxidation sites excluding steroid dienone is 7. The number of hydrogen-bond acceptors (Lipinski definition) is 8. The molecule has 2 rings (SSSR count). The Kier molecular flexibility index (Phi) is 15.0. The fourth-order valence-corrected chi connectivity index (χ4v) is 1.97. The van der Waals surface area contributed by atoms with Gasteiger partial charge in [-0.3, -0.25) is 15.0 Å². The first-order valence-corrected chi connectivity index (χ1v) is 8.84. The van der Waals surface area contributed by atoms with Crippen LogP contribution in [0.5, 0.6) is 0 Å². The summed E-state index contributed by atoms with van der Waals surface area (Å²) in [5, 5.41) is 24.4. The first-order chi connectivity index (χ1) is 13.9. The number of anilines is 1. The Hall–Kier alpha value is -3.32. The first kappa shape index (κ1) is 29.9. The molecular weight excluding hydrogens is 485 g/mol. The number of benzene rings is 1. The molecule has 0 spiro atoms. The minimum Gasteiger partial charge on any atom is -0.512 e. The van der Waals surface area contributed by atoms with Gasteiger partial charge in [0.15, 0.2) is 11.6 Å². The maximum Gasteiger partial charge on any atom is 0.155 e. The second kappa shape index (κ2) is 15.5. The zero-order valence-corrected chi connectivity index (χ0v) is 19.6. The standard InChI is InChI=1S/C12H12N4.2C5H8O2.Ru/c13-8-2-1-3-10(6-8)16-12-5-4-9(14)7-11(12)15;2*1-4(6)3-5(2)7;/h1-7,15H,13-14H2;2*3,6H,1-2H3;/b;2*4-3+;. The Labute approximate surface area is 195 Å². The van der Waals surface area contributed by atoms with Crippen LogP contribution in [-0.2, 0) is 29.1 Å². The average Bonchev–Trinajstić information content (AvgIpc) is 2.56. The van der Waals surface area contributed by atoms with E-state index in [2.05, 4.69) is 4.99 Å². The van der Waals surface area contributed by atoms with Crippen LogP contribution in [0.3, 0.4) is 0 Å². The smallest absolute Gasteiger partial charge is 0.155 e. The molecule has 0 aromatic heterocycles. The molecular formula is C22H28N4O4Ru. The summed E-state index contributed by atoms with van der Waals surface area (Å²) in [7, 11) is 0. The zero-order chi connectivity index (χ0) is 23.3. The van der Waals surface area contributed by atoms with Gasteiger partial charge in [-0.1, -0.05) is 6.07 Å². The largest absolute Gasteiger partial charge is 0.512 e. The Bertz CT molecular complexity index is 909. The molecule has 31 heavy (non-hydrogen) atoms. The number of aliphatic imine (C=N–C) groups is 1. The van der Waals surface area contributed by atoms with Crippen molar-refractivity contribution < 1.29 is 39.3 Å². The number of nitrogens with one attached hydrogen (secondary N) is 1. The molecule has 0 fully saturated rings. The molecule has 7 N–H and O–H groups in total. The molecule has 0 aliphatic heterocycles. The number of hydrogen-bond donors (Lipinski definition) is 5. The molecule has 0 atom stereocenters. The van der Waals surface area contributed by atoms with E-state index in [1.165, 1.54) is 39.8 Å². The molecule has 1 aromatic carbocycles. The minimum absolute atomic E-state index is 0. The number of carbonyl (C=O) groups excluding carboxylic acids is 2. The number of aliphatic hydroxyl groups excluding tert-OH is 2. The van der Waals surface area contributed by atoms with Crippen molar-refractivity contribution in [2.75, 3.05) is 5.73 Å². The molecule has 9 heteroatoms. The maximum absolute atomic E-state index is 10.0. The Morgan fingerprint density at radius 1 is 0.968 bits per heavy atom. The van der Waals surface area contributed by atoms with Crippen LogP contribution in [0.15, 0.2) is 76.9 Å². The van der Waals surface area contributed by atoms with Crippen LogP contribution in [0, 0.1) is 5.41 Å². The summed E-state index contributed by atoms with van der Waals surface area (Å²) in [6.07, 6.45) is 7.36. The molecule has 1 aliphatic rings. The van der Waals surface area contributed by atoms with Gasteiger partial charge >= 0.3 is 0 Å². The predicted octanol–water partition coefficient (Wildman–Crippen LogP) is 3.85. The maximum atomic E-state index is 10.0. The van der Waals surface area contributed by atoms with Crippen LogP contribution in [0.4, 0.5) is 11.4 Å². The number of nitrogen functional groups attached to an aromatic ring is 1. The Morgan fingerprint density at radius 2 is 1.48 bits per heavy atom. The monoisotopic (exact) mass is 514 g/mol. The third-order valence-electron chi connectivity index (χ3n) is 2.96. The third kappa shape index (κ3) is 16.2. The van der Waals surface area contributed by atoms with Gasteiger partial charge in [0.25, 0.3) is 0 Å². The van der Waals surface area contributed by atoms with Crippen LogP contribution in [-0.4, -0.2) is 33.2 Å². The van der Waals surface area contributed by atoms with Crippen LogP contribution in [0.25, 0.3) is 0 Å². The van der Waals surface area contributed by atoms with Gasteiger partial charge in [0.2, 0.25) is 0 Å². The van der Waals surface area contributed by atoms with E-state index in [0.717, 1.165) is 5.69 Å². The van der Waals surface area contributed by atoms with Crippen molar-refractivity contribution in [3.05, 3.63) is 71.9 Å². The SMILES string of the molecule is CC(=O)/C=C(\C)O.CC(=O)/C=C(\C)O.N=C1C=C(N)C=CC1=Nc1cccc(N)c1.[Ru]. The number of nitrogens with zero attached hydrogens (tertiary/aromatic N) is 1. The predicted molar refractivity (Wildman–Crippen MR) is 121 cm³/mol. The molecule has 0 saturated carbocycles. The summed E-state index contributed by atoms with van der Waals surface area (Å²) in [4.78, 5) is 24.4. The number of carbonyl (C=O) groups is 2. The van der Waals surface area contributed by atoms with E-state index >= 15 is 0 Å². The summed E-state index contributed by atoms with van der Waals surface area (Å²) in [6.45, 7) is 5.70. The van der Waals surface area contributed by atoms with Gasteiger partial charge < -0.3 is 21.7 Å². The van der Waals surface area contributed by atoms with Gasteiger partial charge in [0.1, 0.15) is 0 Å². The van der Waals surface area contributed by atoms with Gasteiger partial charge in [-0.2, -0.15) is 0 Å². The van der Waals surface area contributed by atoms with Gasteiger partial charge in [-0.05, 0) is 64.1 Å². The Morgan fingerprint density at radius 3 is 1.84 bits per heavy atom. The van der Waals surface area contributed by atoms with Crippen molar-refractivity contribution in [1.29, 1.82) is 5.41 Å². The molecule has 0 radical (unpaired) electrons. The van der Waals surface area contributed by atoms with E-state index in [0.29, 0.717) is 22.8 Å². The summed E-state index contributed by atoms with van der Waals surface area (Å²) < 4.78 is 0. The topological polar surface area (TPSA) is 163 Å². The fourth-order valence-electron chi connectivity index (χ4n) is 1.97. The van der Waals surface area contributed by atoms with Crippen LogP contribution >= 0.6 is 0 Å². The van der Waals surface area contributed by atoms with E-state index in [4.69, 9.17) is 27.1 Å². The Balaban J connectivity index is 0. The van der Waals surface area contributed by atoms with E-state index < -0.39 is 0 Å². The van der Waals surface area contributed by atoms with Crippen molar-refractivity contribution >= 4 is 34.4 Å². The number of ketones is 2. The molecule has 0 heterocycles. The van der Waals surface area contributed by atoms with Gasteiger partial charge in [0, 0.05) is 43.0 Å². The average molecular weight is 514 g/mol. The molecule has 1 aliphatic carbocycles. The van der Waals surface area contributed by atoms with Gasteiger partial charge in [-0.15, -0.1) is 0 Å². The van der Waals surface area contributed by atoms with Crippen molar-refractivity contribution in [2.45, 2.75) is 27.7 Å². The molecule has 168 valence electrons. The van der Waals surface area contributed by atoms with Gasteiger partial charge in [-0.25, -0.2) is 4.99 Å². The second-order valence-electron chi connectivity index (χ2n) is 6.28. The van der Waals surface area contributed by atoms with Crippen molar-refractivity contribution in [3.63, 3.8) is 0 Å². The molecule has 8 nitrogen and oxygen atoms in total. The van der Waals surface area contributed by atoms with Crippen LogP contribution < -0.4 is 11.5 Å². The minimum atomic E-state index is -0.125. The quantitative estimate of drug-likeness (QED) is 0.136. The van der Waals surface area contributed by atoms with Crippen molar-refractivity contribution in [1.82, 2.24) is 0 Å². The van der Waals surface area contributed by atoms with E-state index in [9.17, 15) is 9.59 Å². The number of aliphatic hydroxyl groups is 2. The van der Waals surface area contributed by atoms with Gasteiger partial charge in [0.05, 0.1) is 28.6 Å². The molecule has 1 aromatic rings. The summed E-state index contributed by atoms with van der Waals surface area (Å²) in [5.41, 5.74) is 14.1. The van der Waals surface area contributed by atoms with Crippen molar-refractivity contribution in [3.8, 4) is 0 Å². The van der Waals surface area contributed by atoms with Crippen molar-refractivity contribution in [2.24, 2.45) is 10.7 Å². The second-order valence-corrected chi connectivity index (χ2v) is 6.28. The molecule has 0 saturated heterocycles. The molecule has 0 bridgehead atoms. The van der Waals surface area contributed by atoms with Crippen LogP contribution in [0.2, 0.25) is 0 Å². The third-order valence-corrected chi connectivity index (χ3v) is 2.96. The fraction of sp³-hybridized carbons (Fsp3) is 0.182. The summed E-state index contributed by atoms with van der Waals surface area (Å²) in [6, 6.07) is 7.22. The summed E-state index contributed by atoms with van der Waals surface area (Å²) in [5.74, 6) is -0.125. The first-order valence-electron chi connectivity index (χ1n) is 8.84. The van der Waals surface area contributed by atoms with E-state index in [1.807, 2.05) is 12.1 Å². The molecule has 0 amide bonds. The van der Waals surface area contributed by atoms with E-state index in [-0.39, 0.29) is 42.6 Å². The van der Waals surface area contributed by atoms with E-state index in [1.54, 1.807) is 30.4 Å². The number of rotatable bonds is 3. The normalized spacial score (nSPS) is 14.3. The molecule has 0 unspecified atom stereocenters. The summed E-state index contributed by atoms with van der Waals surface area (Å²) >= 11 is 0. The number of nitrogens with two attached hydrogens (primary N) is 2. The van der Waals surface area contributed by atoms with Crippen LogP contribution in [0.1, 0.15) is 27.7 Å².